The molecule has 0 aliphatic heterocycles. The zero-order valence-electron chi connectivity index (χ0n) is 22.3. The molecule has 194 valence electrons. The number of aryl methyl sites for hydroxylation is 1. The molecule has 0 aliphatic carbocycles. The number of hydrogen-bond donors (Lipinski definition) is 0. The third-order valence-electron chi connectivity index (χ3n) is 6.86. The lowest BCUT2D eigenvalue weighted by Gasteiger charge is -2.16. The van der Waals surface area contributed by atoms with E-state index in [0.29, 0.717) is 16.7 Å². The van der Waals surface area contributed by atoms with Crippen LogP contribution in [0.5, 0.6) is 5.75 Å². The van der Waals surface area contributed by atoms with Crippen LogP contribution >= 0.6 is 0 Å². The molecule has 3 aromatic rings. The number of halogens is 2. The minimum Gasteiger partial charge on any atom is -0.488 e. The highest BCUT2D eigenvalue weighted by Gasteiger charge is 2.12. The molecule has 1 atom stereocenters. The number of ether oxygens (including phenoxy) is 1. The lowest BCUT2D eigenvalue weighted by Crippen LogP contribution is -2.12. The van der Waals surface area contributed by atoms with E-state index in [2.05, 4.69) is 26.0 Å². The molecule has 0 N–H and O–H groups in total. The maximum atomic E-state index is 15.1. The normalized spacial score (nSPS) is 12.0. The van der Waals surface area contributed by atoms with Gasteiger partial charge in [0.15, 0.2) is 11.6 Å². The Balaban J connectivity index is 1.61. The average Bonchev–Trinajstić information content (AvgIpc) is 2.88. The number of benzene rings is 3. The second kappa shape index (κ2) is 14.8. The van der Waals surface area contributed by atoms with Gasteiger partial charge < -0.3 is 4.74 Å². The van der Waals surface area contributed by atoms with Crippen LogP contribution in [0.3, 0.4) is 0 Å². The molecule has 3 aromatic carbocycles. The Morgan fingerprint density at radius 1 is 0.639 bits per heavy atom. The van der Waals surface area contributed by atoms with Crippen LogP contribution in [0.2, 0.25) is 0 Å². The molecule has 3 heteroatoms. The SMILES string of the molecule is CCCCCCCCc1ccc(-c2ccc(-c3ccc(O[C@H](C)CCCCC)c(F)c3)cc2F)cc1. The number of rotatable bonds is 15. The second-order valence-corrected chi connectivity index (χ2v) is 9.98. The Labute approximate surface area is 216 Å². The molecule has 0 saturated carbocycles. The van der Waals surface area contributed by atoms with E-state index in [1.807, 2.05) is 25.1 Å². The van der Waals surface area contributed by atoms with E-state index in [1.54, 1.807) is 18.2 Å². The van der Waals surface area contributed by atoms with Gasteiger partial charge in [0.1, 0.15) is 5.82 Å². The summed E-state index contributed by atoms with van der Waals surface area (Å²) in [4.78, 5) is 0. The zero-order valence-corrected chi connectivity index (χ0v) is 22.3. The van der Waals surface area contributed by atoms with E-state index in [4.69, 9.17) is 4.74 Å². The van der Waals surface area contributed by atoms with E-state index in [9.17, 15) is 4.39 Å². The monoisotopic (exact) mass is 492 g/mol. The van der Waals surface area contributed by atoms with Gasteiger partial charge in [0, 0.05) is 5.56 Å². The molecule has 0 amide bonds. The highest BCUT2D eigenvalue weighted by atomic mass is 19.1. The van der Waals surface area contributed by atoms with Crippen LogP contribution < -0.4 is 4.74 Å². The molecule has 0 bridgehead atoms. The predicted molar refractivity (Wildman–Crippen MR) is 149 cm³/mol. The predicted octanol–water partition coefficient (Wildman–Crippen LogP) is 10.5. The van der Waals surface area contributed by atoms with Gasteiger partial charge in [-0.05, 0) is 73.1 Å². The van der Waals surface area contributed by atoms with Crippen LogP contribution in [0, 0.1) is 11.6 Å². The summed E-state index contributed by atoms with van der Waals surface area (Å²) in [5.41, 5.74) is 4.00. The molecule has 0 heterocycles. The standard InChI is InChI=1S/C33H42F2O/c1-4-6-8-9-10-12-14-26-15-17-27(18-16-26)30-21-19-28(23-31(30)34)29-20-22-33(32(35)24-29)36-25(3)13-11-7-5-2/h15-25H,4-14H2,1-3H3/t25-/m1/s1. The molecule has 0 fully saturated rings. The molecule has 1 nitrogen and oxygen atoms in total. The third-order valence-corrected chi connectivity index (χ3v) is 6.86. The summed E-state index contributed by atoms with van der Waals surface area (Å²) >= 11 is 0. The van der Waals surface area contributed by atoms with Crippen molar-refractivity contribution < 1.29 is 13.5 Å². The van der Waals surface area contributed by atoms with Crippen LogP contribution in [0.15, 0.2) is 60.7 Å². The number of unbranched alkanes of at least 4 members (excludes halogenated alkanes) is 7. The van der Waals surface area contributed by atoms with Crippen molar-refractivity contribution in [3.8, 4) is 28.0 Å². The highest BCUT2D eigenvalue weighted by Crippen LogP contribution is 2.31. The van der Waals surface area contributed by atoms with Crippen molar-refractivity contribution >= 4 is 0 Å². The van der Waals surface area contributed by atoms with Crippen molar-refractivity contribution in [1.82, 2.24) is 0 Å². The topological polar surface area (TPSA) is 9.23 Å². The van der Waals surface area contributed by atoms with Crippen molar-refractivity contribution in [3.63, 3.8) is 0 Å². The fraction of sp³-hybridized carbons (Fsp3) is 0.455. The van der Waals surface area contributed by atoms with Crippen LogP contribution in [-0.4, -0.2) is 6.10 Å². The first kappa shape index (κ1) is 27.9. The minimum absolute atomic E-state index is 0.0363. The van der Waals surface area contributed by atoms with Gasteiger partial charge in [0.2, 0.25) is 0 Å². The largest absolute Gasteiger partial charge is 0.488 e. The fourth-order valence-electron chi connectivity index (χ4n) is 4.62. The summed E-state index contributed by atoms with van der Waals surface area (Å²) in [7, 11) is 0. The maximum Gasteiger partial charge on any atom is 0.165 e. The summed E-state index contributed by atoms with van der Waals surface area (Å²) in [6, 6.07) is 18.2. The smallest absolute Gasteiger partial charge is 0.165 e. The first-order chi connectivity index (χ1) is 17.5. The van der Waals surface area contributed by atoms with Crippen molar-refractivity contribution in [1.29, 1.82) is 0 Å². The Hall–Kier alpha value is -2.68. The van der Waals surface area contributed by atoms with E-state index in [0.717, 1.165) is 37.7 Å². The summed E-state index contributed by atoms with van der Waals surface area (Å²) in [6.07, 6.45) is 13.0. The number of hydrogen-bond acceptors (Lipinski definition) is 1. The average molecular weight is 493 g/mol. The van der Waals surface area contributed by atoms with Crippen LogP contribution in [0.4, 0.5) is 8.78 Å². The highest BCUT2D eigenvalue weighted by molar-refractivity contribution is 5.71. The van der Waals surface area contributed by atoms with Gasteiger partial charge in [-0.25, -0.2) is 8.78 Å². The molecule has 0 radical (unpaired) electrons. The zero-order chi connectivity index (χ0) is 25.8. The van der Waals surface area contributed by atoms with Gasteiger partial charge in [-0.15, -0.1) is 0 Å². The van der Waals surface area contributed by atoms with E-state index >= 15 is 4.39 Å². The molecule has 36 heavy (non-hydrogen) atoms. The summed E-state index contributed by atoms with van der Waals surface area (Å²) in [5, 5.41) is 0. The lowest BCUT2D eigenvalue weighted by atomic mass is 9.97. The summed E-state index contributed by atoms with van der Waals surface area (Å²) in [6.45, 7) is 6.37. The van der Waals surface area contributed by atoms with Crippen molar-refractivity contribution in [2.45, 2.75) is 97.5 Å². The van der Waals surface area contributed by atoms with Crippen LogP contribution in [0.1, 0.15) is 90.5 Å². The quantitative estimate of drug-likeness (QED) is 0.192. The van der Waals surface area contributed by atoms with Crippen molar-refractivity contribution in [3.05, 3.63) is 77.9 Å². The molecule has 0 unspecified atom stereocenters. The Morgan fingerprint density at radius 3 is 1.89 bits per heavy atom. The molecular formula is C33H42F2O. The van der Waals surface area contributed by atoms with Crippen LogP contribution in [0.25, 0.3) is 22.3 Å². The van der Waals surface area contributed by atoms with Crippen molar-refractivity contribution in [2.24, 2.45) is 0 Å². The van der Waals surface area contributed by atoms with Gasteiger partial charge in [-0.2, -0.15) is 0 Å². The molecular weight excluding hydrogens is 450 g/mol. The fourth-order valence-corrected chi connectivity index (χ4v) is 4.62. The summed E-state index contributed by atoms with van der Waals surface area (Å²) < 4.78 is 35.6. The summed E-state index contributed by atoms with van der Waals surface area (Å²) in [5.74, 6) is -0.470. The van der Waals surface area contributed by atoms with Gasteiger partial charge in [-0.1, -0.05) is 101 Å². The van der Waals surface area contributed by atoms with Crippen molar-refractivity contribution in [2.75, 3.05) is 0 Å². The Morgan fingerprint density at radius 2 is 1.22 bits per heavy atom. The first-order valence-electron chi connectivity index (χ1n) is 13.9. The van der Waals surface area contributed by atoms with Gasteiger partial charge in [0.05, 0.1) is 6.10 Å². The second-order valence-electron chi connectivity index (χ2n) is 9.98. The Kier molecular flexibility index (Phi) is 11.5. The van der Waals surface area contributed by atoms with Gasteiger partial charge in [-0.3, -0.25) is 0 Å². The third kappa shape index (κ3) is 8.47. The van der Waals surface area contributed by atoms with Crippen LogP contribution in [-0.2, 0) is 6.42 Å². The molecule has 3 rings (SSSR count). The maximum absolute atomic E-state index is 15.1. The molecule has 0 aromatic heterocycles. The van der Waals surface area contributed by atoms with Gasteiger partial charge in [0.25, 0.3) is 0 Å². The molecule has 0 spiro atoms. The molecule has 0 aliphatic rings. The minimum atomic E-state index is -0.416. The van der Waals surface area contributed by atoms with E-state index < -0.39 is 5.82 Å². The Bertz CT molecular complexity index is 1060. The first-order valence-corrected chi connectivity index (χ1v) is 13.9. The lowest BCUT2D eigenvalue weighted by molar-refractivity contribution is 0.198. The van der Waals surface area contributed by atoms with E-state index in [-0.39, 0.29) is 17.7 Å². The van der Waals surface area contributed by atoms with Gasteiger partial charge >= 0.3 is 0 Å². The van der Waals surface area contributed by atoms with E-state index in [1.165, 1.54) is 56.2 Å². The molecule has 0 saturated heterocycles.